The van der Waals surface area contributed by atoms with Gasteiger partial charge in [0.2, 0.25) is 10.0 Å². The minimum atomic E-state index is -3.90. The number of hydrogen-bond acceptors (Lipinski definition) is 4. The van der Waals surface area contributed by atoms with E-state index in [0.29, 0.717) is 0 Å². The molecule has 0 radical (unpaired) electrons. The SMILES string of the molecule is O=C(O)c1cc(S(=O)(=O)NCC2CCN(c3ccccc3)C2)ccc1F. The predicted molar refractivity (Wildman–Crippen MR) is 95.3 cm³/mol. The fourth-order valence-electron chi connectivity index (χ4n) is 3.02. The molecule has 0 aromatic heterocycles. The van der Waals surface area contributed by atoms with E-state index in [0.717, 1.165) is 43.4 Å². The van der Waals surface area contributed by atoms with Gasteiger partial charge in [-0.25, -0.2) is 22.3 Å². The van der Waals surface area contributed by atoms with E-state index < -0.39 is 27.4 Å². The number of aromatic carboxylic acids is 1. The van der Waals surface area contributed by atoms with Crippen molar-refractivity contribution in [1.29, 1.82) is 0 Å². The largest absolute Gasteiger partial charge is 0.478 e. The summed E-state index contributed by atoms with van der Waals surface area (Å²) in [6, 6.07) is 12.6. The third-order valence-corrected chi connectivity index (χ3v) is 5.87. The van der Waals surface area contributed by atoms with Crippen LogP contribution in [-0.4, -0.2) is 39.1 Å². The highest BCUT2D eigenvalue weighted by atomic mass is 32.2. The van der Waals surface area contributed by atoms with Gasteiger partial charge in [0.25, 0.3) is 0 Å². The number of carboxylic acids is 1. The van der Waals surface area contributed by atoms with E-state index in [4.69, 9.17) is 5.11 Å². The Bertz CT molecular complexity index is 903. The van der Waals surface area contributed by atoms with Gasteiger partial charge >= 0.3 is 5.97 Å². The molecule has 0 bridgehead atoms. The van der Waals surface area contributed by atoms with E-state index in [1.54, 1.807) is 0 Å². The summed E-state index contributed by atoms with van der Waals surface area (Å²) in [5, 5.41) is 8.93. The Hall–Kier alpha value is -2.45. The topological polar surface area (TPSA) is 86.7 Å². The number of nitrogens with zero attached hydrogens (tertiary/aromatic N) is 1. The summed E-state index contributed by atoms with van der Waals surface area (Å²) >= 11 is 0. The number of nitrogens with one attached hydrogen (secondary N) is 1. The van der Waals surface area contributed by atoms with Crippen molar-refractivity contribution in [3.63, 3.8) is 0 Å². The van der Waals surface area contributed by atoms with Crippen LogP contribution in [0.4, 0.5) is 10.1 Å². The van der Waals surface area contributed by atoms with Crippen molar-refractivity contribution in [2.24, 2.45) is 5.92 Å². The van der Waals surface area contributed by atoms with Gasteiger partial charge in [-0.2, -0.15) is 0 Å². The zero-order valence-corrected chi connectivity index (χ0v) is 14.7. The van der Waals surface area contributed by atoms with Gasteiger partial charge in [0.15, 0.2) is 0 Å². The molecule has 8 heteroatoms. The van der Waals surface area contributed by atoms with Crippen molar-refractivity contribution in [1.82, 2.24) is 4.72 Å². The quantitative estimate of drug-likeness (QED) is 0.806. The molecule has 1 atom stereocenters. The highest BCUT2D eigenvalue weighted by molar-refractivity contribution is 7.89. The van der Waals surface area contributed by atoms with Crippen molar-refractivity contribution in [2.45, 2.75) is 11.3 Å². The second-order valence-corrected chi connectivity index (χ2v) is 8.00. The number of sulfonamides is 1. The number of anilines is 1. The standard InChI is InChI=1S/C18H19FN2O4S/c19-17-7-6-15(10-16(17)18(22)23)26(24,25)20-11-13-8-9-21(12-13)14-4-2-1-3-5-14/h1-7,10,13,20H,8-9,11-12H2,(H,22,23). The Kier molecular flexibility index (Phi) is 5.24. The molecule has 1 heterocycles. The average molecular weight is 378 g/mol. The molecule has 0 saturated carbocycles. The van der Waals surface area contributed by atoms with E-state index in [1.807, 2.05) is 30.3 Å². The molecule has 1 aliphatic heterocycles. The van der Waals surface area contributed by atoms with Gasteiger partial charge in [-0.05, 0) is 42.7 Å². The molecule has 26 heavy (non-hydrogen) atoms. The van der Waals surface area contributed by atoms with Crippen LogP contribution < -0.4 is 9.62 Å². The van der Waals surface area contributed by atoms with Gasteiger partial charge in [-0.3, -0.25) is 0 Å². The fourth-order valence-corrected chi connectivity index (χ4v) is 4.16. The van der Waals surface area contributed by atoms with Gasteiger partial charge < -0.3 is 10.0 Å². The van der Waals surface area contributed by atoms with E-state index >= 15 is 0 Å². The summed E-state index contributed by atoms with van der Waals surface area (Å²) < 4.78 is 40.7. The van der Waals surface area contributed by atoms with E-state index in [-0.39, 0.29) is 17.4 Å². The second kappa shape index (κ2) is 7.43. The Balaban J connectivity index is 1.64. The van der Waals surface area contributed by atoms with Crippen LogP contribution in [-0.2, 0) is 10.0 Å². The van der Waals surface area contributed by atoms with Gasteiger partial charge in [0, 0.05) is 25.3 Å². The molecule has 0 aliphatic carbocycles. The van der Waals surface area contributed by atoms with Crippen LogP contribution in [0.15, 0.2) is 53.4 Å². The number of carboxylic acid groups (broad SMARTS) is 1. The number of benzene rings is 2. The minimum absolute atomic E-state index is 0.143. The van der Waals surface area contributed by atoms with Crippen LogP contribution >= 0.6 is 0 Å². The third kappa shape index (κ3) is 4.03. The van der Waals surface area contributed by atoms with Crippen molar-refractivity contribution in [2.75, 3.05) is 24.5 Å². The molecule has 1 unspecified atom stereocenters. The maximum atomic E-state index is 13.4. The van der Waals surface area contributed by atoms with Gasteiger partial charge in [-0.15, -0.1) is 0 Å². The third-order valence-electron chi connectivity index (χ3n) is 4.45. The maximum absolute atomic E-state index is 13.4. The number of rotatable bonds is 6. The van der Waals surface area contributed by atoms with Gasteiger partial charge in [0.05, 0.1) is 10.5 Å². The Morgan fingerprint density at radius 2 is 1.96 bits per heavy atom. The summed E-state index contributed by atoms with van der Waals surface area (Å²) in [4.78, 5) is 12.9. The first kappa shape index (κ1) is 18.3. The molecule has 1 fully saturated rings. The smallest absolute Gasteiger partial charge is 0.338 e. The average Bonchev–Trinajstić information content (AvgIpc) is 3.10. The molecule has 3 rings (SSSR count). The minimum Gasteiger partial charge on any atom is -0.478 e. The fraction of sp³-hybridized carbons (Fsp3) is 0.278. The zero-order valence-electron chi connectivity index (χ0n) is 13.9. The Labute approximate surface area is 151 Å². The molecule has 0 amide bonds. The van der Waals surface area contributed by atoms with Crippen molar-refractivity contribution in [3.8, 4) is 0 Å². The number of hydrogen-bond donors (Lipinski definition) is 2. The lowest BCUT2D eigenvalue weighted by molar-refractivity contribution is 0.0691. The van der Waals surface area contributed by atoms with Crippen molar-refractivity contribution >= 4 is 21.7 Å². The first-order valence-electron chi connectivity index (χ1n) is 8.19. The second-order valence-electron chi connectivity index (χ2n) is 6.23. The molecule has 2 N–H and O–H groups in total. The van der Waals surface area contributed by atoms with E-state index in [1.165, 1.54) is 0 Å². The van der Waals surface area contributed by atoms with Crippen molar-refractivity contribution < 1.29 is 22.7 Å². The molecular weight excluding hydrogens is 359 g/mol. The van der Waals surface area contributed by atoms with Crippen LogP contribution in [0, 0.1) is 11.7 Å². The number of halogens is 1. The monoisotopic (exact) mass is 378 g/mol. The van der Waals surface area contributed by atoms with Crippen molar-refractivity contribution in [3.05, 3.63) is 59.9 Å². The lowest BCUT2D eigenvalue weighted by Crippen LogP contribution is -2.31. The van der Waals surface area contributed by atoms with Crippen LogP contribution in [0.3, 0.4) is 0 Å². The zero-order chi connectivity index (χ0) is 18.7. The molecular formula is C18H19FN2O4S. The lowest BCUT2D eigenvalue weighted by atomic mass is 10.1. The summed E-state index contributed by atoms with van der Waals surface area (Å²) in [6.45, 7) is 1.82. The maximum Gasteiger partial charge on any atom is 0.338 e. The molecule has 2 aromatic rings. The number of para-hydroxylation sites is 1. The van der Waals surface area contributed by atoms with Crippen LogP contribution in [0.25, 0.3) is 0 Å². The number of carbonyl (C=O) groups is 1. The van der Waals surface area contributed by atoms with Crippen LogP contribution in [0.5, 0.6) is 0 Å². The lowest BCUT2D eigenvalue weighted by Gasteiger charge is -2.18. The molecule has 1 saturated heterocycles. The van der Waals surface area contributed by atoms with Crippen LogP contribution in [0.1, 0.15) is 16.8 Å². The first-order valence-corrected chi connectivity index (χ1v) is 9.67. The normalized spacial score (nSPS) is 17.4. The summed E-state index contributed by atoms with van der Waals surface area (Å²) in [7, 11) is -3.90. The Morgan fingerprint density at radius 3 is 2.65 bits per heavy atom. The molecule has 138 valence electrons. The predicted octanol–water partition coefficient (Wildman–Crippen LogP) is 2.33. The molecule has 6 nitrogen and oxygen atoms in total. The van der Waals surface area contributed by atoms with Crippen LogP contribution in [0.2, 0.25) is 0 Å². The summed E-state index contributed by atoms with van der Waals surface area (Å²) in [6.07, 6.45) is 0.848. The molecule has 2 aromatic carbocycles. The van der Waals surface area contributed by atoms with Gasteiger partial charge in [-0.1, -0.05) is 18.2 Å². The Morgan fingerprint density at radius 1 is 1.23 bits per heavy atom. The highest BCUT2D eigenvalue weighted by Gasteiger charge is 2.25. The van der Waals surface area contributed by atoms with E-state index in [9.17, 15) is 17.6 Å². The highest BCUT2D eigenvalue weighted by Crippen LogP contribution is 2.23. The van der Waals surface area contributed by atoms with Gasteiger partial charge in [0.1, 0.15) is 5.82 Å². The summed E-state index contributed by atoms with van der Waals surface area (Å²) in [5.74, 6) is -2.33. The molecule has 0 spiro atoms. The first-order chi connectivity index (χ1) is 12.4. The van der Waals surface area contributed by atoms with E-state index in [2.05, 4.69) is 9.62 Å². The molecule has 1 aliphatic rings. The summed E-state index contributed by atoms with van der Waals surface area (Å²) in [5.41, 5.74) is 0.437.